The van der Waals surface area contributed by atoms with E-state index in [0.717, 1.165) is 23.2 Å². The Morgan fingerprint density at radius 2 is 2.11 bits per heavy atom. The van der Waals surface area contributed by atoms with Crippen LogP contribution in [0.1, 0.15) is 12.7 Å². The highest BCUT2D eigenvalue weighted by Gasteiger charge is 2.09. The summed E-state index contributed by atoms with van der Waals surface area (Å²) in [4.78, 5) is 8.71. The lowest BCUT2D eigenvalue weighted by Gasteiger charge is -1.99. The standard InChI is InChI=1S/C14H13FN4/c1-3-13-17-14(18-19(13)2)10-6-9-4-5-11(15)7-12(9)16-8-10/h4-8H,3H2,1-2H3. The Morgan fingerprint density at radius 3 is 2.84 bits per heavy atom. The Bertz CT molecular complexity index is 748. The van der Waals surface area contributed by atoms with Crippen LogP contribution in [0, 0.1) is 5.82 Å². The second kappa shape index (κ2) is 4.42. The molecule has 0 unspecified atom stereocenters. The van der Waals surface area contributed by atoms with Crippen molar-refractivity contribution in [2.45, 2.75) is 13.3 Å². The molecule has 96 valence electrons. The van der Waals surface area contributed by atoms with Crippen LogP contribution in [-0.4, -0.2) is 19.7 Å². The minimum atomic E-state index is -0.281. The van der Waals surface area contributed by atoms with Gasteiger partial charge in [-0.2, -0.15) is 5.10 Å². The molecule has 0 fully saturated rings. The third-order valence-electron chi connectivity index (χ3n) is 3.07. The van der Waals surface area contributed by atoms with E-state index in [1.807, 2.05) is 20.0 Å². The third-order valence-corrected chi connectivity index (χ3v) is 3.07. The van der Waals surface area contributed by atoms with E-state index in [9.17, 15) is 4.39 Å². The van der Waals surface area contributed by atoms with Crippen LogP contribution < -0.4 is 0 Å². The van der Waals surface area contributed by atoms with Gasteiger partial charge < -0.3 is 0 Å². The number of hydrogen-bond donors (Lipinski definition) is 0. The molecular formula is C14H13FN4. The van der Waals surface area contributed by atoms with Gasteiger partial charge in [-0.1, -0.05) is 6.92 Å². The Morgan fingerprint density at radius 1 is 1.26 bits per heavy atom. The third kappa shape index (κ3) is 2.07. The van der Waals surface area contributed by atoms with Crippen LogP contribution in [0.15, 0.2) is 30.5 Å². The average molecular weight is 256 g/mol. The molecule has 5 heteroatoms. The molecule has 0 aliphatic carbocycles. The lowest BCUT2D eigenvalue weighted by atomic mass is 10.1. The Hall–Kier alpha value is -2.30. The van der Waals surface area contributed by atoms with Crippen molar-refractivity contribution in [2.24, 2.45) is 7.05 Å². The van der Waals surface area contributed by atoms with Crippen LogP contribution in [-0.2, 0) is 13.5 Å². The first-order valence-corrected chi connectivity index (χ1v) is 6.13. The Kier molecular flexibility index (Phi) is 2.74. The largest absolute Gasteiger partial charge is 0.255 e. The first-order chi connectivity index (χ1) is 9.17. The van der Waals surface area contributed by atoms with Gasteiger partial charge in [-0.05, 0) is 18.2 Å². The quantitative estimate of drug-likeness (QED) is 0.708. The molecule has 0 saturated heterocycles. The molecule has 4 nitrogen and oxygen atoms in total. The van der Waals surface area contributed by atoms with Gasteiger partial charge in [-0.15, -0.1) is 0 Å². The fraction of sp³-hybridized carbons (Fsp3) is 0.214. The van der Waals surface area contributed by atoms with Crippen molar-refractivity contribution in [1.82, 2.24) is 19.7 Å². The van der Waals surface area contributed by atoms with Crippen LogP contribution in [0.4, 0.5) is 4.39 Å². The number of pyridine rings is 1. The van der Waals surface area contributed by atoms with Crippen molar-refractivity contribution in [2.75, 3.05) is 0 Å². The molecule has 0 saturated carbocycles. The van der Waals surface area contributed by atoms with Gasteiger partial charge in [-0.25, -0.2) is 9.37 Å². The number of aryl methyl sites for hydroxylation is 2. The number of rotatable bonds is 2. The van der Waals surface area contributed by atoms with Gasteiger partial charge in [0.25, 0.3) is 0 Å². The molecule has 2 aromatic heterocycles. The highest BCUT2D eigenvalue weighted by Crippen LogP contribution is 2.21. The number of halogens is 1. The van der Waals surface area contributed by atoms with E-state index < -0.39 is 0 Å². The molecule has 19 heavy (non-hydrogen) atoms. The van der Waals surface area contributed by atoms with Gasteiger partial charge in [0, 0.05) is 36.7 Å². The van der Waals surface area contributed by atoms with E-state index in [1.54, 1.807) is 16.9 Å². The lowest BCUT2D eigenvalue weighted by Crippen LogP contribution is -1.96. The van der Waals surface area contributed by atoms with E-state index in [1.165, 1.54) is 12.1 Å². The van der Waals surface area contributed by atoms with Crippen LogP contribution in [0.3, 0.4) is 0 Å². The second-order valence-corrected chi connectivity index (χ2v) is 4.39. The van der Waals surface area contributed by atoms with Crippen molar-refractivity contribution >= 4 is 10.9 Å². The maximum atomic E-state index is 13.1. The van der Waals surface area contributed by atoms with Crippen LogP contribution >= 0.6 is 0 Å². The van der Waals surface area contributed by atoms with E-state index in [-0.39, 0.29) is 5.82 Å². The SMILES string of the molecule is CCc1nc(-c2cnc3cc(F)ccc3c2)nn1C. The zero-order valence-electron chi connectivity index (χ0n) is 10.8. The molecular weight excluding hydrogens is 243 g/mol. The minimum Gasteiger partial charge on any atom is -0.255 e. The Balaban J connectivity index is 2.11. The van der Waals surface area contributed by atoms with Gasteiger partial charge in [-0.3, -0.25) is 9.67 Å². The topological polar surface area (TPSA) is 43.6 Å². The molecule has 3 aromatic rings. The number of aromatic nitrogens is 4. The van der Waals surface area contributed by atoms with E-state index in [4.69, 9.17) is 0 Å². The minimum absolute atomic E-state index is 0.281. The van der Waals surface area contributed by atoms with Gasteiger partial charge in [0.05, 0.1) is 5.52 Å². The first kappa shape index (κ1) is 11.8. The molecule has 2 heterocycles. The van der Waals surface area contributed by atoms with Crippen LogP contribution in [0.5, 0.6) is 0 Å². The predicted molar refractivity (Wildman–Crippen MR) is 71.1 cm³/mol. The summed E-state index contributed by atoms with van der Waals surface area (Å²) in [5.74, 6) is 1.30. The van der Waals surface area contributed by atoms with E-state index in [2.05, 4.69) is 15.1 Å². The highest BCUT2D eigenvalue weighted by molar-refractivity contribution is 5.82. The molecule has 0 aliphatic heterocycles. The first-order valence-electron chi connectivity index (χ1n) is 6.13. The number of benzene rings is 1. The predicted octanol–water partition coefficient (Wildman–Crippen LogP) is 2.73. The summed E-state index contributed by atoms with van der Waals surface area (Å²) in [6.45, 7) is 2.04. The van der Waals surface area contributed by atoms with Crippen molar-refractivity contribution < 1.29 is 4.39 Å². The zero-order chi connectivity index (χ0) is 13.4. The summed E-state index contributed by atoms with van der Waals surface area (Å²) in [5, 5.41) is 5.25. The van der Waals surface area contributed by atoms with E-state index in [0.29, 0.717) is 11.3 Å². The zero-order valence-corrected chi connectivity index (χ0v) is 10.8. The fourth-order valence-electron chi connectivity index (χ4n) is 2.06. The maximum absolute atomic E-state index is 13.1. The fourth-order valence-corrected chi connectivity index (χ4v) is 2.06. The summed E-state index contributed by atoms with van der Waals surface area (Å²) in [5.41, 5.74) is 1.48. The van der Waals surface area contributed by atoms with Gasteiger partial charge >= 0.3 is 0 Å². The number of nitrogens with zero attached hydrogens (tertiary/aromatic N) is 4. The second-order valence-electron chi connectivity index (χ2n) is 4.39. The number of hydrogen-bond acceptors (Lipinski definition) is 3. The molecule has 0 N–H and O–H groups in total. The molecule has 0 bridgehead atoms. The maximum Gasteiger partial charge on any atom is 0.182 e. The summed E-state index contributed by atoms with van der Waals surface area (Å²) >= 11 is 0. The summed E-state index contributed by atoms with van der Waals surface area (Å²) < 4.78 is 14.9. The summed E-state index contributed by atoms with van der Waals surface area (Å²) in [6.07, 6.45) is 2.51. The molecule has 0 aliphatic rings. The molecule has 3 rings (SSSR count). The van der Waals surface area contributed by atoms with Crippen molar-refractivity contribution in [3.63, 3.8) is 0 Å². The lowest BCUT2D eigenvalue weighted by molar-refractivity contribution is 0.629. The molecule has 0 radical (unpaired) electrons. The molecule has 0 amide bonds. The normalized spacial score (nSPS) is 11.1. The van der Waals surface area contributed by atoms with Crippen molar-refractivity contribution in [3.05, 3.63) is 42.1 Å². The average Bonchev–Trinajstić information content (AvgIpc) is 2.79. The van der Waals surface area contributed by atoms with Crippen molar-refractivity contribution in [1.29, 1.82) is 0 Å². The summed E-state index contributed by atoms with van der Waals surface area (Å²) in [7, 11) is 1.87. The highest BCUT2D eigenvalue weighted by atomic mass is 19.1. The van der Waals surface area contributed by atoms with Crippen molar-refractivity contribution in [3.8, 4) is 11.4 Å². The van der Waals surface area contributed by atoms with Crippen LogP contribution in [0.2, 0.25) is 0 Å². The smallest absolute Gasteiger partial charge is 0.182 e. The monoisotopic (exact) mass is 256 g/mol. The van der Waals surface area contributed by atoms with Gasteiger partial charge in [0.2, 0.25) is 0 Å². The molecule has 0 spiro atoms. The van der Waals surface area contributed by atoms with E-state index >= 15 is 0 Å². The molecule has 1 aromatic carbocycles. The Labute approximate surface area is 109 Å². The van der Waals surface area contributed by atoms with Gasteiger partial charge in [0.1, 0.15) is 11.6 Å². The van der Waals surface area contributed by atoms with Gasteiger partial charge in [0.15, 0.2) is 5.82 Å². The number of fused-ring (bicyclic) bond motifs is 1. The van der Waals surface area contributed by atoms with Crippen LogP contribution in [0.25, 0.3) is 22.3 Å². The summed E-state index contributed by atoms with van der Waals surface area (Å²) in [6, 6.07) is 6.49. The molecule has 0 atom stereocenters.